The Hall–Kier alpha value is -2.72. The summed E-state index contributed by atoms with van der Waals surface area (Å²) in [6, 6.07) is 13.2. The molecule has 1 heterocycles. The van der Waals surface area contributed by atoms with Gasteiger partial charge in [0.05, 0.1) is 11.3 Å². The van der Waals surface area contributed by atoms with Crippen molar-refractivity contribution in [3.05, 3.63) is 41.5 Å². The number of rotatable bonds is 1. The summed E-state index contributed by atoms with van der Waals surface area (Å²) < 4.78 is 0. The first-order valence-electron chi connectivity index (χ1n) is 4.65. The normalized spacial score (nSPS) is 9.38. The third-order valence-corrected chi connectivity index (χ3v) is 2.32. The van der Waals surface area contributed by atoms with Crippen LogP contribution in [0.25, 0.3) is 11.3 Å². The molecular formula is C12H8N4. The maximum atomic E-state index is 9.03. The van der Waals surface area contributed by atoms with Crippen molar-refractivity contribution < 1.29 is 0 Å². The van der Waals surface area contributed by atoms with Crippen molar-refractivity contribution in [2.45, 2.75) is 0 Å². The standard InChI is InChI=1S/C12H8N4/c13-6-9-10(7-14)12(15)16-11(9)8-4-2-1-3-5-8/h1-5,16H,15H2. The fourth-order valence-electron chi connectivity index (χ4n) is 1.57. The fourth-order valence-corrected chi connectivity index (χ4v) is 1.57. The van der Waals surface area contributed by atoms with Crippen LogP contribution >= 0.6 is 0 Å². The number of nitrogens with one attached hydrogen (secondary N) is 1. The van der Waals surface area contributed by atoms with Gasteiger partial charge in [0.15, 0.2) is 0 Å². The molecule has 0 fully saturated rings. The monoisotopic (exact) mass is 208 g/mol. The molecule has 0 atom stereocenters. The van der Waals surface area contributed by atoms with Crippen molar-refractivity contribution in [2.24, 2.45) is 0 Å². The average Bonchev–Trinajstić information content (AvgIpc) is 2.66. The van der Waals surface area contributed by atoms with Gasteiger partial charge in [-0.15, -0.1) is 0 Å². The first-order valence-corrected chi connectivity index (χ1v) is 4.65. The molecule has 0 saturated carbocycles. The molecule has 76 valence electrons. The van der Waals surface area contributed by atoms with Gasteiger partial charge in [-0.2, -0.15) is 10.5 Å². The smallest absolute Gasteiger partial charge is 0.120 e. The number of anilines is 1. The van der Waals surface area contributed by atoms with E-state index < -0.39 is 0 Å². The number of aromatic nitrogens is 1. The highest BCUT2D eigenvalue weighted by atomic mass is 14.9. The molecule has 2 aromatic rings. The highest BCUT2D eigenvalue weighted by molar-refractivity contribution is 5.76. The molecule has 16 heavy (non-hydrogen) atoms. The molecule has 3 N–H and O–H groups in total. The number of hydrogen-bond donors (Lipinski definition) is 2. The molecule has 0 aliphatic rings. The first-order chi connectivity index (χ1) is 7.77. The summed E-state index contributed by atoms with van der Waals surface area (Å²) in [4.78, 5) is 2.86. The van der Waals surface area contributed by atoms with E-state index >= 15 is 0 Å². The van der Waals surface area contributed by atoms with Crippen molar-refractivity contribution in [1.29, 1.82) is 10.5 Å². The van der Waals surface area contributed by atoms with Gasteiger partial charge in [0.2, 0.25) is 0 Å². The lowest BCUT2D eigenvalue weighted by molar-refractivity contribution is 1.39. The minimum atomic E-state index is 0.210. The molecular weight excluding hydrogens is 200 g/mol. The number of hydrogen-bond acceptors (Lipinski definition) is 3. The number of H-pyrrole nitrogens is 1. The van der Waals surface area contributed by atoms with Crippen LogP contribution in [0, 0.1) is 22.7 Å². The van der Waals surface area contributed by atoms with Crippen LogP contribution in [0.4, 0.5) is 5.82 Å². The lowest BCUT2D eigenvalue weighted by Crippen LogP contribution is -1.87. The molecule has 0 amide bonds. The van der Waals surface area contributed by atoms with Gasteiger partial charge >= 0.3 is 0 Å². The number of nitrogen functional groups attached to an aromatic ring is 1. The van der Waals surface area contributed by atoms with Crippen LogP contribution in [-0.4, -0.2) is 4.98 Å². The summed E-state index contributed by atoms with van der Waals surface area (Å²) in [5.74, 6) is 0.234. The largest absolute Gasteiger partial charge is 0.384 e. The summed E-state index contributed by atoms with van der Waals surface area (Å²) in [5.41, 5.74) is 7.58. The molecule has 0 spiro atoms. The predicted molar refractivity (Wildman–Crippen MR) is 60.1 cm³/mol. The maximum Gasteiger partial charge on any atom is 0.120 e. The van der Waals surface area contributed by atoms with E-state index in [9.17, 15) is 0 Å². The second kappa shape index (κ2) is 3.80. The Kier molecular flexibility index (Phi) is 2.33. The third-order valence-electron chi connectivity index (χ3n) is 2.32. The van der Waals surface area contributed by atoms with Crippen LogP contribution < -0.4 is 5.73 Å². The number of nitriles is 2. The van der Waals surface area contributed by atoms with E-state index in [1.165, 1.54) is 0 Å². The van der Waals surface area contributed by atoms with Crippen molar-refractivity contribution in [1.82, 2.24) is 4.98 Å². The number of nitrogens with zero attached hydrogens (tertiary/aromatic N) is 2. The second-order valence-electron chi connectivity index (χ2n) is 3.25. The van der Waals surface area contributed by atoms with E-state index in [1.54, 1.807) is 0 Å². The highest BCUT2D eigenvalue weighted by Crippen LogP contribution is 2.28. The van der Waals surface area contributed by atoms with Gasteiger partial charge < -0.3 is 10.7 Å². The molecule has 4 heteroatoms. The zero-order chi connectivity index (χ0) is 11.5. The molecule has 4 nitrogen and oxygen atoms in total. The van der Waals surface area contributed by atoms with Crippen LogP contribution in [0.2, 0.25) is 0 Å². The van der Waals surface area contributed by atoms with E-state index in [0.717, 1.165) is 5.56 Å². The quantitative estimate of drug-likeness (QED) is 0.751. The highest BCUT2D eigenvalue weighted by Gasteiger charge is 2.16. The van der Waals surface area contributed by atoms with E-state index in [4.69, 9.17) is 16.3 Å². The Morgan fingerprint density at radius 3 is 2.19 bits per heavy atom. The fraction of sp³-hybridized carbons (Fsp3) is 0. The summed E-state index contributed by atoms with van der Waals surface area (Å²) in [6.07, 6.45) is 0. The van der Waals surface area contributed by atoms with E-state index in [2.05, 4.69) is 4.98 Å². The Bertz CT molecular complexity index is 596. The topological polar surface area (TPSA) is 89.4 Å². The minimum Gasteiger partial charge on any atom is -0.384 e. The van der Waals surface area contributed by atoms with Crippen molar-refractivity contribution >= 4 is 5.82 Å². The van der Waals surface area contributed by atoms with E-state index in [1.807, 2.05) is 42.5 Å². The molecule has 0 unspecified atom stereocenters. The van der Waals surface area contributed by atoms with Crippen molar-refractivity contribution in [3.8, 4) is 23.4 Å². The average molecular weight is 208 g/mol. The Morgan fingerprint density at radius 2 is 1.62 bits per heavy atom. The first kappa shape index (κ1) is 9.82. The third kappa shape index (κ3) is 1.39. The molecule has 2 rings (SSSR count). The van der Waals surface area contributed by atoms with Crippen molar-refractivity contribution in [2.75, 3.05) is 5.73 Å². The molecule has 1 aromatic heterocycles. The van der Waals surface area contributed by atoms with Crippen LogP contribution in [-0.2, 0) is 0 Å². The summed E-state index contributed by atoms with van der Waals surface area (Å²) in [6.45, 7) is 0. The second-order valence-corrected chi connectivity index (χ2v) is 3.25. The van der Waals surface area contributed by atoms with Crippen LogP contribution in [0.5, 0.6) is 0 Å². The minimum absolute atomic E-state index is 0.210. The van der Waals surface area contributed by atoms with Gasteiger partial charge in [-0.25, -0.2) is 0 Å². The SMILES string of the molecule is N#Cc1c(N)[nH]c(-c2ccccc2)c1C#N. The lowest BCUT2D eigenvalue weighted by atomic mass is 10.1. The van der Waals surface area contributed by atoms with Crippen LogP contribution in [0.3, 0.4) is 0 Å². The number of aromatic amines is 1. The van der Waals surface area contributed by atoms with Gasteiger partial charge in [0.1, 0.15) is 23.5 Å². The number of nitrogens with two attached hydrogens (primary N) is 1. The molecule has 0 bridgehead atoms. The molecule has 0 aliphatic heterocycles. The zero-order valence-corrected chi connectivity index (χ0v) is 8.36. The molecule has 0 saturated heterocycles. The zero-order valence-electron chi connectivity index (χ0n) is 8.36. The predicted octanol–water partition coefficient (Wildman–Crippen LogP) is 2.01. The van der Waals surface area contributed by atoms with Gasteiger partial charge in [0.25, 0.3) is 0 Å². The van der Waals surface area contributed by atoms with E-state index in [0.29, 0.717) is 11.3 Å². The van der Waals surface area contributed by atoms with E-state index in [-0.39, 0.29) is 11.4 Å². The molecule has 0 aliphatic carbocycles. The maximum absolute atomic E-state index is 9.03. The number of benzene rings is 1. The van der Waals surface area contributed by atoms with Gasteiger partial charge in [-0.1, -0.05) is 30.3 Å². The van der Waals surface area contributed by atoms with Gasteiger partial charge in [0, 0.05) is 0 Å². The summed E-state index contributed by atoms with van der Waals surface area (Å²) >= 11 is 0. The van der Waals surface area contributed by atoms with Crippen molar-refractivity contribution in [3.63, 3.8) is 0 Å². The lowest BCUT2D eigenvalue weighted by Gasteiger charge is -1.97. The molecule has 1 aromatic carbocycles. The Morgan fingerprint density at radius 1 is 1.00 bits per heavy atom. The van der Waals surface area contributed by atoms with Gasteiger partial charge in [-0.05, 0) is 5.56 Å². The summed E-state index contributed by atoms with van der Waals surface area (Å²) in [7, 11) is 0. The Balaban J connectivity index is 2.70. The van der Waals surface area contributed by atoms with Gasteiger partial charge in [-0.3, -0.25) is 0 Å². The Labute approximate surface area is 92.6 Å². The summed E-state index contributed by atoms with van der Waals surface area (Å²) in [5, 5.41) is 17.9. The van der Waals surface area contributed by atoms with Crippen LogP contribution in [0.15, 0.2) is 30.3 Å². The molecule has 0 radical (unpaired) electrons. The van der Waals surface area contributed by atoms with Crippen LogP contribution in [0.1, 0.15) is 11.1 Å².